The summed E-state index contributed by atoms with van der Waals surface area (Å²) in [5.74, 6) is -0.527. The van der Waals surface area contributed by atoms with E-state index in [1.54, 1.807) is 11.9 Å². The quantitative estimate of drug-likeness (QED) is 0.624. The van der Waals surface area contributed by atoms with Gasteiger partial charge in [0.2, 0.25) is 11.8 Å². The van der Waals surface area contributed by atoms with E-state index in [2.05, 4.69) is 0 Å². The van der Waals surface area contributed by atoms with E-state index in [1.165, 1.54) is 4.90 Å². The van der Waals surface area contributed by atoms with Gasteiger partial charge in [-0.15, -0.1) is 0 Å². The van der Waals surface area contributed by atoms with Gasteiger partial charge in [-0.3, -0.25) is 14.5 Å². The third kappa shape index (κ3) is 7.63. The molecule has 0 spiro atoms. The van der Waals surface area contributed by atoms with Crippen LogP contribution in [0, 0.1) is 11.3 Å². The lowest BCUT2D eigenvalue weighted by Gasteiger charge is -2.23. The largest absolute Gasteiger partial charge is 0.369 e. The number of hydrogen-bond donors (Lipinski definition) is 1. The van der Waals surface area contributed by atoms with Crippen LogP contribution in [0.25, 0.3) is 0 Å². The molecule has 0 aromatic carbocycles. The summed E-state index contributed by atoms with van der Waals surface area (Å²) in [6.45, 7) is 3.40. The first-order valence-electron chi connectivity index (χ1n) is 6.12. The standard InChI is InChI=1S/C12H22N4O2/c1-3-4-8-16(9-11(14)17)10-12(18)15(2)7-5-6-13/h3-5,7-10H2,1-2H3,(H2,14,17). The van der Waals surface area contributed by atoms with Crippen LogP contribution in [0.5, 0.6) is 0 Å². The number of primary amides is 1. The summed E-state index contributed by atoms with van der Waals surface area (Å²) in [5.41, 5.74) is 5.15. The van der Waals surface area contributed by atoms with E-state index in [0.29, 0.717) is 19.5 Å². The van der Waals surface area contributed by atoms with Crippen molar-refractivity contribution in [2.45, 2.75) is 26.2 Å². The van der Waals surface area contributed by atoms with Crippen LogP contribution in [0.4, 0.5) is 0 Å². The van der Waals surface area contributed by atoms with Gasteiger partial charge < -0.3 is 10.6 Å². The maximum atomic E-state index is 11.8. The normalized spacial score (nSPS) is 10.1. The van der Waals surface area contributed by atoms with Gasteiger partial charge in [-0.05, 0) is 13.0 Å². The van der Waals surface area contributed by atoms with Crippen LogP contribution in [-0.4, -0.2) is 54.8 Å². The number of amides is 2. The molecule has 0 saturated heterocycles. The minimum Gasteiger partial charge on any atom is -0.369 e. The van der Waals surface area contributed by atoms with E-state index in [9.17, 15) is 9.59 Å². The highest BCUT2D eigenvalue weighted by Gasteiger charge is 2.15. The van der Waals surface area contributed by atoms with Gasteiger partial charge in [0.25, 0.3) is 0 Å². The molecule has 0 aromatic rings. The summed E-state index contributed by atoms with van der Waals surface area (Å²) in [6.07, 6.45) is 2.23. The Labute approximate surface area is 108 Å². The number of likely N-dealkylation sites (N-methyl/N-ethyl adjacent to an activating group) is 1. The molecular formula is C12H22N4O2. The van der Waals surface area contributed by atoms with Crippen LogP contribution in [0.2, 0.25) is 0 Å². The second-order valence-electron chi connectivity index (χ2n) is 4.25. The highest BCUT2D eigenvalue weighted by atomic mass is 16.2. The SMILES string of the molecule is CCCCN(CC(N)=O)CC(=O)N(C)CCC#N. The van der Waals surface area contributed by atoms with Crippen molar-refractivity contribution in [3.05, 3.63) is 0 Å². The van der Waals surface area contributed by atoms with Crippen LogP contribution in [-0.2, 0) is 9.59 Å². The summed E-state index contributed by atoms with van der Waals surface area (Å²) < 4.78 is 0. The zero-order valence-corrected chi connectivity index (χ0v) is 11.2. The zero-order valence-electron chi connectivity index (χ0n) is 11.2. The molecule has 0 aromatic heterocycles. The Balaban J connectivity index is 4.24. The van der Waals surface area contributed by atoms with Crippen LogP contribution in [0.15, 0.2) is 0 Å². The van der Waals surface area contributed by atoms with Crippen LogP contribution >= 0.6 is 0 Å². The zero-order chi connectivity index (χ0) is 14.0. The molecule has 2 amide bonds. The first-order chi connectivity index (χ1) is 8.51. The Morgan fingerprint density at radius 1 is 1.28 bits per heavy atom. The third-order valence-electron chi connectivity index (χ3n) is 2.55. The highest BCUT2D eigenvalue weighted by Crippen LogP contribution is 1.97. The number of nitrogens with zero attached hydrogens (tertiary/aromatic N) is 3. The van der Waals surface area contributed by atoms with Gasteiger partial charge in [-0.1, -0.05) is 13.3 Å². The molecule has 0 radical (unpaired) electrons. The molecule has 6 heteroatoms. The van der Waals surface area contributed by atoms with Crippen molar-refractivity contribution in [3.8, 4) is 6.07 Å². The average molecular weight is 254 g/mol. The molecule has 0 aliphatic heterocycles. The van der Waals surface area contributed by atoms with Crippen LogP contribution in [0.1, 0.15) is 26.2 Å². The Morgan fingerprint density at radius 2 is 1.94 bits per heavy atom. The number of hydrogen-bond acceptors (Lipinski definition) is 4. The molecule has 0 fully saturated rings. The second-order valence-corrected chi connectivity index (χ2v) is 4.25. The Kier molecular flexibility index (Phi) is 8.58. The number of rotatable bonds is 9. The number of carbonyl (C=O) groups is 2. The van der Waals surface area contributed by atoms with Crippen LogP contribution in [0.3, 0.4) is 0 Å². The number of nitriles is 1. The van der Waals surface area contributed by atoms with E-state index in [0.717, 1.165) is 12.8 Å². The Bertz CT molecular complexity index is 312. The van der Waals surface area contributed by atoms with E-state index < -0.39 is 5.91 Å². The van der Waals surface area contributed by atoms with Gasteiger partial charge in [0, 0.05) is 13.6 Å². The van der Waals surface area contributed by atoms with Crippen molar-refractivity contribution in [2.75, 3.05) is 33.2 Å². The van der Waals surface area contributed by atoms with Gasteiger partial charge in [0.1, 0.15) is 0 Å². The number of unbranched alkanes of at least 4 members (excludes halogenated alkanes) is 1. The molecule has 18 heavy (non-hydrogen) atoms. The first kappa shape index (κ1) is 16.4. The van der Waals surface area contributed by atoms with Gasteiger partial charge in [-0.25, -0.2) is 0 Å². The molecular weight excluding hydrogens is 232 g/mol. The smallest absolute Gasteiger partial charge is 0.236 e. The van der Waals surface area contributed by atoms with Crippen molar-refractivity contribution in [3.63, 3.8) is 0 Å². The minimum atomic E-state index is -0.432. The van der Waals surface area contributed by atoms with Crippen molar-refractivity contribution >= 4 is 11.8 Å². The monoisotopic (exact) mass is 254 g/mol. The second kappa shape index (κ2) is 9.42. The summed E-state index contributed by atoms with van der Waals surface area (Å²) in [5, 5.41) is 8.45. The molecule has 0 atom stereocenters. The van der Waals surface area contributed by atoms with Crippen molar-refractivity contribution in [1.82, 2.24) is 9.80 Å². The lowest BCUT2D eigenvalue weighted by molar-refractivity contribution is -0.131. The van der Waals surface area contributed by atoms with E-state index in [1.807, 2.05) is 13.0 Å². The summed E-state index contributed by atoms with van der Waals surface area (Å²) in [6, 6.07) is 1.99. The molecule has 0 rings (SSSR count). The Hall–Kier alpha value is -1.61. The molecule has 0 heterocycles. The summed E-state index contributed by atoms with van der Waals surface area (Å²) >= 11 is 0. The maximum Gasteiger partial charge on any atom is 0.236 e. The van der Waals surface area contributed by atoms with Crippen molar-refractivity contribution < 1.29 is 9.59 Å². The fraction of sp³-hybridized carbons (Fsp3) is 0.750. The van der Waals surface area contributed by atoms with Gasteiger partial charge in [0.05, 0.1) is 25.6 Å². The van der Waals surface area contributed by atoms with Crippen LogP contribution < -0.4 is 5.73 Å². The lowest BCUT2D eigenvalue weighted by Crippen LogP contribution is -2.42. The van der Waals surface area contributed by atoms with Gasteiger partial charge in [0.15, 0.2) is 0 Å². The predicted octanol–water partition coefficient (Wildman–Crippen LogP) is -0.0541. The summed E-state index contributed by atoms with van der Waals surface area (Å²) in [4.78, 5) is 26.0. The van der Waals surface area contributed by atoms with Gasteiger partial charge in [-0.2, -0.15) is 5.26 Å². The molecule has 0 saturated carbocycles. The van der Waals surface area contributed by atoms with E-state index >= 15 is 0 Å². The fourth-order valence-corrected chi connectivity index (χ4v) is 1.47. The third-order valence-corrected chi connectivity index (χ3v) is 2.55. The highest BCUT2D eigenvalue weighted by molar-refractivity contribution is 5.80. The maximum absolute atomic E-state index is 11.8. The topological polar surface area (TPSA) is 90.4 Å². The molecule has 2 N–H and O–H groups in total. The first-order valence-corrected chi connectivity index (χ1v) is 6.12. The van der Waals surface area contributed by atoms with E-state index in [4.69, 9.17) is 11.0 Å². The lowest BCUT2D eigenvalue weighted by atomic mass is 10.3. The summed E-state index contributed by atoms with van der Waals surface area (Å²) in [7, 11) is 1.65. The molecule has 0 aliphatic rings. The minimum absolute atomic E-state index is 0.0948. The van der Waals surface area contributed by atoms with Gasteiger partial charge >= 0.3 is 0 Å². The van der Waals surface area contributed by atoms with E-state index in [-0.39, 0.29) is 19.0 Å². The molecule has 0 aliphatic carbocycles. The van der Waals surface area contributed by atoms with Crippen molar-refractivity contribution in [1.29, 1.82) is 5.26 Å². The average Bonchev–Trinajstić information content (AvgIpc) is 2.32. The Morgan fingerprint density at radius 3 is 2.44 bits per heavy atom. The van der Waals surface area contributed by atoms with Crippen molar-refractivity contribution in [2.24, 2.45) is 5.73 Å². The molecule has 6 nitrogen and oxygen atoms in total. The fourth-order valence-electron chi connectivity index (χ4n) is 1.47. The molecule has 0 unspecified atom stereocenters. The molecule has 102 valence electrons. The predicted molar refractivity (Wildman–Crippen MR) is 68.4 cm³/mol. The number of carbonyl (C=O) groups excluding carboxylic acids is 2. The number of nitrogens with two attached hydrogens (primary N) is 1. The molecule has 0 bridgehead atoms.